The predicted octanol–water partition coefficient (Wildman–Crippen LogP) is 5.76. The van der Waals surface area contributed by atoms with Crippen molar-refractivity contribution in [2.45, 2.75) is 13.0 Å². The molecule has 1 atom stereocenters. The number of carboxylic acid groups (broad SMARTS) is 1. The second-order valence-corrected chi connectivity index (χ2v) is 7.60. The highest BCUT2D eigenvalue weighted by molar-refractivity contribution is 5.90. The molecule has 0 bridgehead atoms. The van der Waals surface area contributed by atoms with Crippen LogP contribution in [0.4, 0.5) is 10.6 Å². The lowest BCUT2D eigenvalue weighted by Crippen LogP contribution is -2.18. The van der Waals surface area contributed by atoms with E-state index in [1.165, 1.54) is 0 Å². The van der Waals surface area contributed by atoms with E-state index < -0.39 is 18.2 Å². The van der Waals surface area contributed by atoms with Crippen molar-refractivity contribution in [3.05, 3.63) is 96.3 Å². The second-order valence-electron chi connectivity index (χ2n) is 7.60. The Morgan fingerprint density at radius 3 is 2.09 bits per heavy atom. The van der Waals surface area contributed by atoms with Gasteiger partial charge in [-0.2, -0.15) is 0 Å². The Hall–Kier alpha value is -4.39. The van der Waals surface area contributed by atoms with E-state index in [0.717, 1.165) is 22.3 Å². The monoisotopic (exact) mass is 441 g/mol. The predicted molar refractivity (Wildman–Crippen MR) is 126 cm³/mol. The lowest BCUT2D eigenvalue weighted by Gasteiger charge is -2.15. The highest BCUT2D eigenvalue weighted by Crippen LogP contribution is 2.29. The van der Waals surface area contributed by atoms with E-state index in [1.807, 2.05) is 61.5 Å². The number of amides is 1. The molecule has 3 aromatic carbocycles. The molecule has 0 radical (unpaired) electrons. The summed E-state index contributed by atoms with van der Waals surface area (Å²) in [5.74, 6) is -0.428. The van der Waals surface area contributed by atoms with Crippen molar-refractivity contribution < 1.29 is 19.4 Å². The fraction of sp³-hybridized carbons (Fsp3) is 0.115. The standard InChI is InChI=1S/C26H23N3O4/c1-17(18-6-4-3-5-7-18)33-26(32)28-24-23(27-16-29(24)2)21-12-8-19(9-13-21)20-10-14-22(15-11-20)25(30)31/h3-17H,1-2H3,(H,28,32)(H,30,31). The van der Waals surface area contributed by atoms with Crippen LogP contribution in [0.5, 0.6) is 0 Å². The fourth-order valence-electron chi connectivity index (χ4n) is 3.49. The number of carbonyl (C=O) groups is 2. The van der Waals surface area contributed by atoms with Crippen LogP contribution in [-0.2, 0) is 11.8 Å². The lowest BCUT2D eigenvalue weighted by molar-refractivity contribution is 0.0696. The molecule has 0 saturated heterocycles. The number of carbonyl (C=O) groups excluding carboxylic acids is 1. The quantitative estimate of drug-likeness (QED) is 0.397. The van der Waals surface area contributed by atoms with Gasteiger partial charge >= 0.3 is 12.1 Å². The number of aromatic nitrogens is 2. The average Bonchev–Trinajstić information content (AvgIpc) is 3.19. The molecule has 4 rings (SSSR count). The zero-order chi connectivity index (χ0) is 23.4. The van der Waals surface area contributed by atoms with Crippen molar-refractivity contribution in [3.8, 4) is 22.4 Å². The summed E-state index contributed by atoms with van der Waals surface area (Å²) >= 11 is 0. The Bertz CT molecular complexity index is 1260. The van der Waals surface area contributed by atoms with Crippen molar-refractivity contribution in [1.82, 2.24) is 9.55 Å². The highest BCUT2D eigenvalue weighted by Gasteiger charge is 2.17. The molecule has 0 saturated carbocycles. The summed E-state index contributed by atoms with van der Waals surface area (Å²) in [6.07, 6.45) is 0.672. The zero-order valence-electron chi connectivity index (χ0n) is 18.2. The van der Waals surface area contributed by atoms with E-state index in [4.69, 9.17) is 9.84 Å². The number of anilines is 1. The normalized spacial score (nSPS) is 11.6. The summed E-state index contributed by atoms with van der Waals surface area (Å²) < 4.78 is 7.25. The van der Waals surface area contributed by atoms with E-state index >= 15 is 0 Å². The van der Waals surface area contributed by atoms with Gasteiger partial charge in [0.25, 0.3) is 0 Å². The van der Waals surface area contributed by atoms with Gasteiger partial charge in [-0.15, -0.1) is 0 Å². The average molecular weight is 441 g/mol. The van der Waals surface area contributed by atoms with Crippen LogP contribution in [0.1, 0.15) is 28.9 Å². The molecule has 0 aliphatic rings. The maximum Gasteiger partial charge on any atom is 0.413 e. The lowest BCUT2D eigenvalue weighted by atomic mass is 10.0. The van der Waals surface area contributed by atoms with Crippen LogP contribution in [-0.4, -0.2) is 26.7 Å². The minimum absolute atomic E-state index is 0.244. The minimum Gasteiger partial charge on any atom is -0.478 e. The van der Waals surface area contributed by atoms with Gasteiger partial charge in [0.15, 0.2) is 0 Å². The van der Waals surface area contributed by atoms with Crippen LogP contribution >= 0.6 is 0 Å². The Morgan fingerprint density at radius 1 is 0.909 bits per heavy atom. The fourth-order valence-corrected chi connectivity index (χ4v) is 3.49. The SMILES string of the molecule is CC(OC(=O)Nc1c(-c2ccc(-c3ccc(C(=O)O)cc3)cc2)ncn1C)c1ccccc1. The van der Waals surface area contributed by atoms with Gasteiger partial charge in [0.1, 0.15) is 17.6 Å². The van der Waals surface area contributed by atoms with Crippen LogP contribution in [0.25, 0.3) is 22.4 Å². The molecule has 1 aromatic heterocycles. The van der Waals surface area contributed by atoms with E-state index in [2.05, 4.69) is 10.3 Å². The third-order valence-electron chi connectivity index (χ3n) is 5.33. The van der Waals surface area contributed by atoms with Crippen molar-refractivity contribution >= 4 is 17.9 Å². The number of nitrogens with one attached hydrogen (secondary N) is 1. The number of nitrogens with zero attached hydrogens (tertiary/aromatic N) is 2. The molecule has 166 valence electrons. The molecule has 1 heterocycles. The van der Waals surface area contributed by atoms with E-state index in [-0.39, 0.29) is 5.56 Å². The van der Waals surface area contributed by atoms with E-state index in [1.54, 1.807) is 42.2 Å². The summed E-state index contributed by atoms with van der Waals surface area (Å²) in [4.78, 5) is 28.0. The van der Waals surface area contributed by atoms with Gasteiger partial charge in [-0.3, -0.25) is 5.32 Å². The van der Waals surface area contributed by atoms with Gasteiger partial charge in [-0.1, -0.05) is 66.7 Å². The molecule has 0 spiro atoms. The van der Waals surface area contributed by atoms with Crippen molar-refractivity contribution in [2.75, 3.05) is 5.32 Å². The number of carboxylic acids is 1. The first-order valence-corrected chi connectivity index (χ1v) is 10.4. The van der Waals surface area contributed by atoms with Crippen LogP contribution < -0.4 is 5.32 Å². The van der Waals surface area contributed by atoms with E-state index in [0.29, 0.717) is 11.5 Å². The summed E-state index contributed by atoms with van der Waals surface area (Å²) in [6, 6.07) is 23.9. The van der Waals surface area contributed by atoms with Crippen molar-refractivity contribution in [2.24, 2.45) is 7.05 Å². The Labute approximate surface area is 191 Å². The number of imidazole rings is 1. The van der Waals surface area contributed by atoms with Crippen molar-refractivity contribution in [1.29, 1.82) is 0 Å². The summed E-state index contributed by atoms with van der Waals surface area (Å²) in [5, 5.41) is 11.9. The Balaban J connectivity index is 1.50. The van der Waals surface area contributed by atoms with Gasteiger partial charge in [0.2, 0.25) is 0 Å². The minimum atomic E-state index is -0.955. The number of benzene rings is 3. The molecular formula is C26H23N3O4. The van der Waals surface area contributed by atoms with Crippen molar-refractivity contribution in [3.63, 3.8) is 0 Å². The molecule has 33 heavy (non-hydrogen) atoms. The number of aryl methyl sites for hydroxylation is 1. The summed E-state index contributed by atoms with van der Waals surface area (Å²) in [5.41, 5.74) is 4.45. The number of aromatic carboxylic acids is 1. The molecule has 0 aliphatic heterocycles. The van der Waals surface area contributed by atoms with Crippen LogP contribution in [0.15, 0.2) is 85.2 Å². The van der Waals surface area contributed by atoms with E-state index in [9.17, 15) is 9.59 Å². The van der Waals surface area contributed by atoms with Gasteiger partial charge < -0.3 is 14.4 Å². The first kappa shape index (κ1) is 21.8. The molecule has 2 N–H and O–H groups in total. The van der Waals surface area contributed by atoms with Gasteiger partial charge in [0.05, 0.1) is 11.9 Å². The summed E-state index contributed by atoms with van der Waals surface area (Å²) in [6.45, 7) is 1.82. The Morgan fingerprint density at radius 2 is 1.48 bits per heavy atom. The molecule has 7 heteroatoms. The third kappa shape index (κ3) is 4.93. The van der Waals surface area contributed by atoms with Gasteiger partial charge in [-0.05, 0) is 35.7 Å². The topological polar surface area (TPSA) is 93.4 Å². The smallest absolute Gasteiger partial charge is 0.413 e. The van der Waals surface area contributed by atoms with Crippen LogP contribution in [0.3, 0.4) is 0 Å². The number of ether oxygens (including phenoxy) is 1. The summed E-state index contributed by atoms with van der Waals surface area (Å²) in [7, 11) is 1.80. The number of rotatable bonds is 6. The molecule has 4 aromatic rings. The van der Waals surface area contributed by atoms with Crippen LogP contribution in [0.2, 0.25) is 0 Å². The number of hydrogen-bond acceptors (Lipinski definition) is 4. The largest absolute Gasteiger partial charge is 0.478 e. The first-order valence-electron chi connectivity index (χ1n) is 10.4. The molecular weight excluding hydrogens is 418 g/mol. The molecule has 7 nitrogen and oxygen atoms in total. The van der Waals surface area contributed by atoms with Gasteiger partial charge in [0, 0.05) is 12.6 Å². The molecule has 1 unspecified atom stereocenters. The third-order valence-corrected chi connectivity index (χ3v) is 5.33. The first-order chi connectivity index (χ1) is 15.9. The van der Waals surface area contributed by atoms with Gasteiger partial charge in [-0.25, -0.2) is 14.6 Å². The molecule has 0 fully saturated rings. The van der Waals surface area contributed by atoms with Crippen LogP contribution in [0, 0.1) is 0 Å². The zero-order valence-corrected chi connectivity index (χ0v) is 18.2. The maximum absolute atomic E-state index is 12.5. The second kappa shape index (κ2) is 9.40. The highest BCUT2D eigenvalue weighted by atomic mass is 16.6. The molecule has 0 aliphatic carbocycles. The molecule has 1 amide bonds. The Kier molecular flexibility index (Phi) is 6.22. The number of hydrogen-bond donors (Lipinski definition) is 2. The maximum atomic E-state index is 12.5.